The summed E-state index contributed by atoms with van der Waals surface area (Å²) in [7, 11) is 3.19. The van der Waals surface area contributed by atoms with Gasteiger partial charge in [-0.15, -0.1) is 0 Å². The number of benzene rings is 1. The Bertz CT molecular complexity index is 625. The van der Waals surface area contributed by atoms with E-state index >= 15 is 0 Å². The Hall–Kier alpha value is -1.64. The van der Waals surface area contributed by atoms with Gasteiger partial charge in [-0.2, -0.15) is 11.8 Å². The molecular weight excluding hydrogens is 366 g/mol. The number of carbonyl (C=O) groups is 1. The molecular formula is C19H29N3O4S. The predicted octanol–water partition coefficient (Wildman–Crippen LogP) is 2.38. The number of nitrogens with zero attached hydrogens (tertiary/aromatic N) is 2. The van der Waals surface area contributed by atoms with E-state index in [9.17, 15) is 4.79 Å². The number of rotatable bonds is 5. The molecule has 0 aliphatic carbocycles. The van der Waals surface area contributed by atoms with Gasteiger partial charge in [0.05, 0.1) is 33.5 Å². The van der Waals surface area contributed by atoms with Crippen LogP contribution in [0.1, 0.15) is 6.42 Å². The van der Waals surface area contributed by atoms with Crippen LogP contribution in [-0.4, -0.2) is 87.0 Å². The Morgan fingerprint density at radius 1 is 1.22 bits per heavy atom. The van der Waals surface area contributed by atoms with E-state index in [4.69, 9.17) is 14.2 Å². The maximum absolute atomic E-state index is 13.0. The average molecular weight is 396 g/mol. The molecule has 0 spiro atoms. The summed E-state index contributed by atoms with van der Waals surface area (Å²) in [5.41, 5.74) is 0.708. The zero-order valence-corrected chi connectivity index (χ0v) is 16.9. The van der Waals surface area contributed by atoms with Crippen LogP contribution in [0.5, 0.6) is 11.5 Å². The first-order chi connectivity index (χ1) is 13.2. The SMILES string of the molecule is COc1ccc(NC(=O)N2CCCSC[C@H]2CN2CCOCC2)cc1OC. The van der Waals surface area contributed by atoms with Crippen molar-refractivity contribution in [1.29, 1.82) is 0 Å². The molecule has 0 unspecified atom stereocenters. The molecule has 150 valence electrons. The van der Waals surface area contributed by atoms with Gasteiger partial charge < -0.3 is 24.4 Å². The highest BCUT2D eigenvalue weighted by molar-refractivity contribution is 7.99. The molecule has 2 heterocycles. The van der Waals surface area contributed by atoms with E-state index < -0.39 is 0 Å². The molecule has 2 saturated heterocycles. The number of morpholine rings is 1. The fourth-order valence-corrected chi connectivity index (χ4v) is 4.50. The highest BCUT2D eigenvalue weighted by atomic mass is 32.2. The Morgan fingerprint density at radius 2 is 2.00 bits per heavy atom. The van der Waals surface area contributed by atoms with Crippen LogP contribution in [0.4, 0.5) is 10.5 Å². The van der Waals surface area contributed by atoms with Crippen molar-refractivity contribution in [3.8, 4) is 11.5 Å². The highest BCUT2D eigenvalue weighted by Gasteiger charge is 2.28. The Balaban J connectivity index is 1.67. The summed E-state index contributed by atoms with van der Waals surface area (Å²) in [5.74, 6) is 3.31. The number of nitrogens with one attached hydrogen (secondary N) is 1. The summed E-state index contributed by atoms with van der Waals surface area (Å²) >= 11 is 1.93. The highest BCUT2D eigenvalue weighted by Crippen LogP contribution is 2.30. The third-order valence-corrected chi connectivity index (χ3v) is 6.10. The molecule has 1 atom stereocenters. The molecule has 0 saturated carbocycles. The molecule has 1 aromatic carbocycles. The van der Waals surface area contributed by atoms with E-state index in [1.165, 1.54) is 0 Å². The van der Waals surface area contributed by atoms with Crippen molar-refractivity contribution in [2.75, 3.05) is 70.4 Å². The van der Waals surface area contributed by atoms with Gasteiger partial charge in [-0.3, -0.25) is 4.90 Å². The summed E-state index contributed by atoms with van der Waals surface area (Å²) < 4.78 is 16.0. The lowest BCUT2D eigenvalue weighted by Gasteiger charge is -2.35. The van der Waals surface area contributed by atoms with Crippen LogP contribution in [0.3, 0.4) is 0 Å². The first-order valence-electron chi connectivity index (χ1n) is 9.38. The normalized spacial score (nSPS) is 21.4. The topological polar surface area (TPSA) is 63.3 Å². The molecule has 0 bridgehead atoms. The molecule has 3 rings (SSSR count). The van der Waals surface area contributed by atoms with E-state index in [1.54, 1.807) is 26.4 Å². The second-order valence-corrected chi connectivity index (χ2v) is 7.84. The quantitative estimate of drug-likeness (QED) is 0.826. The third-order valence-electron chi connectivity index (χ3n) is 4.91. The molecule has 2 amide bonds. The lowest BCUT2D eigenvalue weighted by Crippen LogP contribution is -2.51. The van der Waals surface area contributed by atoms with Crippen molar-refractivity contribution in [3.63, 3.8) is 0 Å². The van der Waals surface area contributed by atoms with Gasteiger partial charge in [0.25, 0.3) is 0 Å². The van der Waals surface area contributed by atoms with Gasteiger partial charge in [0.2, 0.25) is 0 Å². The van der Waals surface area contributed by atoms with Gasteiger partial charge in [0, 0.05) is 43.7 Å². The largest absolute Gasteiger partial charge is 0.493 e. The van der Waals surface area contributed by atoms with Crippen LogP contribution in [0.2, 0.25) is 0 Å². The lowest BCUT2D eigenvalue weighted by molar-refractivity contribution is 0.0288. The van der Waals surface area contributed by atoms with Gasteiger partial charge >= 0.3 is 6.03 Å². The monoisotopic (exact) mass is 395 g/mol. The van der Waals surface area contributed by atoms with Crippen molar-refractivity contribution in [1.82, 2.24) is 9.80 Å². The van der Waals surface area contributed by atoms with Gasteiger partial charge in [-0.25, -0.2) is 4.79 Å². The minimum atomic E-state index is -0.0528. The fraction of sp³-hybridized carbons (Fsp3) is 0.632. The molecule has 0 radical (unpaired) electrons. The van der Waals surface area contributed by atoms with Crippen LogP contribution in [0.25, 0.3) is 0 Å². The Labute approximate surface area is 165 Å². The summed E-state index contributed by atoms with van der Waals surface area (Å²) in [6.45, 7) is 5.10. The number of carbonyl (C=O) groups excluding carboxylic acids is 1. The van der Waals surface area contributed by atoms with Gasteiger partial charge in [-0.05, 0) is 24.3 Å². The maximum Gasteiger partial charge on any atom is 0.322 e. The maximum atomic E-state index is 13.0. The average Bonchev–Trinajstić information content (AvgIpc) is 2.94. The summed E-state index contributed by atoms with van der Waals surface area (Å²) in [6, 6.07) is 5.58. The number of ether oxygens (including phenoxy) is 3. The lowest BCUT2D eigenvalue weighted by atomic mass is 10.2. The molecule has 27 heavy (non-hydrogen) atoms. The molecule has 8 heteroatoms. The molecule has 1 aromatic rings. The number of anilines is 1. The van der Waals surface area contributed by atoms with E-state index in [0.29, 0.717) is 17.2 Å². The fourth-order valence-electron chi connectivity index (χ4n) is 3.44. The molecule has 2 aliphatic rings. The van der Waals surface area contributed by atoms with Crippen LogP contribution in [0, 0.1) is 0 Å². The molecule has 1 N–H and O–H groups in total. The van der Waals surface area contributed by atoms with Crippen molar-refractivity contribution in [3.05, 3.63) is 18.2 Å². The predicted molar refractivity (Wildman–Crippen MR) is 108 cm³/mol. The van der Waals surface area contributed by atoms with Crippen molar-refractivity contribution < 1.29 is 19.0 Å². The smallest absolute Gasteiger partial charge is 0.322 e. The Morgan fingerprint density at radius 3 is 2.74 bits per heavy atom. The molecule has 7 nitrogen and oxygen atoms in total. The third kappa shape index (κ3) is 5.43. The molecule has 0 aromatic heterocycles. The number of hydrogen-bond donors (Lipinski definition) is 1. The standard InChI is InChI=1S/C19H29N3O4S/c1-24-17-5-4-15(12-18(17)25-2)20-19(23)22-6-3-11-27-14-16(22)13-21-7-9-26-10-8-21/h4-5,12,16H,3,6-11,13-14H2,1-2H3,(H,20,23)/t16-/m1/s1. The minimum absolute atomic E-state index is 0.0528. The second-order valence-electron chi connectivity index (χ2n) is 6.69. The molecule has 2 aliphatic heterocycles. The van der Waals surface area contributed by atoms with Crippen LogP contribution in [0.15, 0.2) is 18.2 Å². The van der Waals surface area contributed by atoms with Crippen LogP contribution < -0.4 is 14.8 Å². The van der Waals surface area contributed by atoms with E-state index in [1.807, 2.05) is 22.7 Å². The number of methoxy groups -OCH3 is 2. The van der Waals surface area contributed by atoms with Gasteiger partial charge in [-0.1, -0.05) is 0 Å². The van der Waals surface area contributed by atoms with Crippen molar-refractivity contribution >= 4 is 23.5 Å². The summed E-state index contributed by atoms with van der Waals surface area (Å²) in [4.78, 5) is 17.4. The van der Waals surface area contributed by atoms with Crippen LogP contribution >= 0.6 is 11.8 Å². The number of urea groups is 1. The number of hydrogen-bond acceptors (Lipinski definition) is 6. The minimum Gasteiger partial charge on any atom is -0.493 e. The number of thioether (sulfide) groups is 1. The first kappa shape index (κ1) is 20.1. The number of amides is 2. The van der Waals surface area contributed by atoms with Crippen molar-refractivity contribution in [2.45, 2.75) is 12.5 Å². The van der Waals surface area contributed by atoms with Crippen LogP contribution in [-0.2, 0) is 4.74 Å². The van der Waals surface area contributed by atoms with E-state index in [-0.39, 0.29) is 12.1 Å². The van der Waals surface area contributed by atoms with E-state index in [0.717, 1.165) is 57.3 Å². The summed E-state index contributed by atoms with van der Waals surface area (Å²) in [5, 5.41) is 3.03. The van der Waals surface area contributed by atoms with Crippen molar-refractivity contribution in [2.24, 2.45) is 0 Å². The van der Waals surface area contributed by atoms with Gasteiger partial charge in [0.15, 0.2) is 11.5 Å². The van der Waals surface area contributed by atoms with E-state index in [2.05, 4.69) is 10.2 Å². The zero-order chi connectivity index (χ0) is 19.1. The zero-order valence-electron chi connectivity index (χ0n) is 16.1. The Kier molecular flexibility index (Phi) is 7.49. The first-order valence-corrected chi connectivity index (χ1v) is 10.5. The summed E-state index contributed by atoms with van der Waals surface area (Å²) in [6.07, 6.45) is 1.02. The van der Waals surface area contributed by atoms with Gasteiger partial charge in [0.1, 0.15) is 0 Å². The molecule has 2 fully saturated rings. The second kappa shape index (κ2) is 10.1.